The van der Waals surface area contributed by atoms with E-state index in [1.165, 1.54) is 19.1 Å². The van der Waals surface area contributed by atoms with Crippen molar-refractivity contribution >= 4 is 13.7 Å². The maximum absolute atomic E-state index is 13.8. The van der Waals surface area contributed by atoms with Crippen LogP contribution >= 0.6 is 7.75 Å². The second-order valence-electron chi connectivity index (χ2n) is 8.95. The monoisotopic (exact) mass is 543 g/mol. The molecule has 2 aliphatic heterocycles. The molecule has 2 unspecified atom stereocenters. The van der Waals surface area contributed by atoms with Crippen LogP contribution < -0.4 is 20.9 Å². The van der Waals surface area contributed by atoms with Crippen molar-refractivity contribution in [1.82, 2.24) is 14.6 Å². The maximum Gasteiger partial charge on any atom is 0.459 e. The Labute approximate surface area is 210 Å². The summed E-state index contributed by atoms with van der Waals surface area (Å²) in [5.41, 5.74) is -3.81. The van der Waals surface area contributed by atoms with Gasteiger partial charge in [0.25, 0.3) is 5.56 Å². The largest absolute Gasteiger partial charge is 0.462 e. The number of ether oxygens (including phenoxy) is 3. The first-order valence-electron chi connectivity index (χ1n) is 11.4. The van der Waals surface area contributed by atoms with Crippen molar-refractivity contribution in [3.05, 3.63) is 63.2 Å². The number of benzene rings is 1. The number of para-hydroxylation sites is 1. The van der Waals surface area contributed by atoms with Gasteiger partial charge < -0.3 is 23.8 Å². The van der Waals surface area contributed by atoms with E-state index in [1.807, 2.05) is 4.98 Å². The first-order valence-corrected chi connectivity index (χ1v) is 12.9. The molecule has 202 valence electrons. The van der Waals surface area contributed by atoms with Gasteiger partial charge in [-0.25, -0.2) is 9.36 Å². The number of nitrogens with one attached hydrogen (secondary N) is 2. The van der Waals surface area contributed by atoms with Crippen molar-refractivity contribution in [1.29, 1.82) is 0 Å². The third-order valence-electron chi connectivity index (χ3n) is 5.71. The number of hydrogen-bond acceptors (Lipinski definition) is 10. The number of esters is 1. The second kappa shape index (κ2) is 10.5. The number of carbonyl (C=O) groups is 1. The zero-order chi connectivity index (χ0) is 27.0. The molecule has 2 aromatic rings. The summed E-state index contributed by atoms with van der Waals surface area (Å²) in [6.07, 6.45) is -3.58. The van der Waals surface area contributed by atoms with E-state index in [0.717, 1.165) is 4.57 Å². The molecule has 15 heteroatoms. The molecule has 13 nitrogen and oxygen atoms in total. The van der Waals surface area contributed by atoms with Crippen molar-refractivity contribution in [3.8, 4) is 5.75 Å². The molecular weight excluding hydrogens is 516 g/mol. The number of H-pyrrole nitrogens is 1. The van der Waals surface area contributed by atoms with Crippen molar-refractivity contribution < 1.29 is 42.1 Å². The Morgan fingerprint density at radius 2 is 2.03 bits per heavy atom. The molecule has 0 radical (unpaired) electrons. The first kappa shape index (κ1) is 27.2. The van der Waals surface area contributed by atoms with Crippen LogP contribution in [0.15, 0.2) is 46.1 Å². The molecule has 3 N–H and O–H groups in total. The molecule has 0 saturated carbocycles. The van der Waals surface area contributed by atoms with E-state index in [0.29, 0.717) is 6.20 Å². The second-order valence-corrected chi connectivity index (χ2v) is 10.6. The van der Waals surface area contributed by atoms with Gasteiger partial charge in [-0.05, 0) is 32.9 Å². The number of halogens is 1. The van der Waals surface area contributed by atoms with Gasteiger partial charge in [-0.2, -0.15) is 9.48 Å². The van der Waals surface area contributed by atoms with E-state index >= 15 is 0 Å². The summed E-state index contributed by atoms with van der Waals surface area (Å²) in [6, 6.07) is 6.94. The fourth-order valence-electron chi connectivity index (χ4n) is 3.92. The third kappa shape index (κ3) is 5.69. The molecular formula is C22H27FN3O10P. The molecule has 2 fully saturated rings. The Kier molecular flexibility index (Phi) is 7.70. The molecule has 3 heterocycles. The van der Waals surface area contributed by atoms with Crippen molar-refractivity contribution in [2.45, 2.75) is 57.0 Å². The molecule has 4 rings (SSSR count). The highest BCUT2D eigenvalue weighted by molar-refractivity contribution is 7.52. The van der Waals surface area contributed by atoms with Crippen LogP contribution in [0.4, 0.5) is 4.39 Å². The summed E-state index contributed by atoms with van der Waals surface area (Å²) < 4.78 is 56.0. The zero-order valence-corrected chi connectivity index (χ0v) is 21.1. The number of aromatic amines is 1. The van der Waals surface area contributed by atoms with E-state index in [4.69, 9.17) is 23.3 Å². The minimum absolute atomic E-state index is 0.168. The van der Waals surface area contributed by atoms with Crippen LogP contribution in [0.1, 0.15) is 27.0 Å². The van der Waals surface area contributed by atoms with E-state index in [2.05, 4.69) is 5.09 Å². The highest BCUT2D eigenvalue weighted by Crippen LogP contribution is 2.50. The lowest BCUT2D eigenvalue weighted by Gasteiger charge is -2.32. The fraction of sp³-hybridized carbons (Fsp3) is 0.500. The summed E-state index contributed by atoms with van der Waals surface area (Å²) >= 11 is 0. The number of fused-ring (bicyclic) bond motifs is 2. The average Bonchev–Trinajstić information content (AvgIpc) is 3.29. The van der Waals surface area contributed by atoms with Gasteiger partial charge in [-0.1, -0.05) is 18.2 Å². The number of aromatic nitrogens is 2. The Morgan fingerprint density at radius 1 is 1.32 bits per heavy atom. The Balaban J connectivity index is 1.55. The van der Waals surface area contributed by atoms with Gasteiger partial charge in [0.2, 0.25) is 5.82 Å². The van der Waals surface area contributed by atoms with Gasteiger partial charge in [0.05, 0.1) is 25.5 Å². The maximum atomic E-state index is 13.8. The highest BCUT2D eigenvalue weighted by atomic mass is 31.2. The number of hydrogen-bond donors (Lipinski definition) is 3. The smallest absolute Gasteiger partial charge is 0.459 e. The van der Waals surface area contributed by atoms with Gasteiger partial charge in [0, 0.05) is 0 Å². The van der Waals surface area contributed by atoms with E-state index in [-0.39, 0.29) is 12.4 Å². The average molecular weight is 543 g/mol. The minimum atomic E-state index is -4.30. The van der Waals surface area contributed by atoms with Gasteiger partial charge in [-0.3, -0.25) is 23.7 Å². The van der Waals surface area contributed by atoms with Crippen molar-refractivity contribution in [2.24, 2.45) is 0 Å². The van der Waals surface area contributed by atoms with Crippen LogP contribution in [0.25, 0.3) is 0 Å². The van der Waals surface area contributed by atoms with Crippen LogP contribution in [0.5, 0.6) is 5.75 Å². The standard InChI is InChI=1S/C22H27FN3O10P/c1-12(2)34-20(29)13(3)25-37(31,36-14-7-5-4-6-8-14)33-11-22-10-32-16(17(22)27)19(35-22)26-9-15(23)18(28)24-21(26)30/h4-9,12-13,16-17,19,27H,10-11H2,1-3H3,(H,25,31)(H,24,28,30)/t13?,16-,17+,19-,22-,37?/m1/s1. The van der Waals surface area contributed by atoms with Crippen molar-refractivity contribution in [3.63, 3.8) is 0 Å². The van der Waals surface area contributed by atoms with Gasteiger partial charge in [-0.15, -0.1) is 0 Å². The molecule has 2 aliphatic rings. The summed E-state index contributed by atoms with van der Waals surface area (Å²) in [5, 5.41) is 13.4. The molecule has 6 atom stereocenters. The van der Waals surface area contributed by atoms with E-state index < -0.39 is 73.6 Å². The summed E-state index contributed by atoms with van der Waals surface area (Å²) in [6.45, 7) is 3.95. The molecule has 2 saturated heterocycles. The lowest BCUT2D eigenvalue weighted by Crippen LogP contribution is -2.46. The minimum Gasteiger partial charge on any atom is -0.462 e. The molecule has 1 aromatic heterocycles. The number of aliphatic hydroxyl groups excluding tert-OH is 1. The number of aliphatic hydroxyl groups is 1. The fourth-order valence-corrected chi connectivity index (χ4v) is 5.46. The summed E-state index contributed by atoms with van der Waals surface area (Å²) in [4.78, 5) is 37.7. The number of rotatable bonds is 10. The SMILES string of the molecule is CC(C)OC(=O)C(C)NP(=O)(OC[C@@]12CO[C@@H]([C@H](n3cc(F)c(=O)[nH]c3=O)O1)[C@@H]2O)Oc1ccccc1. The van der Waals surface area contributed by atoms with Gasteiger partial charge in [0.15, 0.2) is 6.23 Å². The molecule has 2 bridgehead atoms. The zero-order valence-electron chi connectivity index (χ0n) is 20.2. The molecule has 1 aromatic carbocycles. The van der Waals surface area contributed by atoms with Crippen LogP contribution in [-0.4, -0.2) is 63.8 Å². The van der Waals surface area contributed by atoms with E-state index in [1.54, 1.807) is 32.0 Å². The summed E-state index contributed by atoms with van der Waals surface area (Å²) in [7, 11) is -4.30. The van der Waals surface area contributed by atoms with Gasteiger partial charge >= 0.3 is 19.4 Å². The van der Waals surface area contributed by atoms with Crippen molar-refractivity contribution in [2.75, 3.05) is 13.2 Å². The Hall–Kier alpha value is -2.87. The molecule has 0 spiro atoms. The highest BCUT2D eigenvalue weighted by Gasteiger charge is 2.63. The lowest BCUT2D eigenvalue weighted by molar-refractivity contribution is -0.185. The van der Waals surface area contributed by atoms with Crippen LogP contribution in [0.2, 0.25) is 0 Å². The first-order chi connectivity index (χ1) is 17.4. The molecule has 37 heavy (non-hydrogen) atoms. The van der Waals surface area contributed by atoms with Gasteiger partial charge in [0.1, 0.15) is 29.6 Å². The number of nitrogens with zero attached hydrogens (tertiary/aromatic N) is 1. The molecule has 0 aliphatic carbocycles. The normalized spacial score (nSPS) is 27.1. The lowest BCUT2D eigenvalue weighted by atomic mass is 10.0. The van der Waals surface area contributed by atoms with Crippen LogP contribution in [0.3, 0.4) is 0 Å². The van der Waals surface area contributed by atoms with E-state index in [9.17, 15) is 28.4 Å². The Morgan fingerprint density at radius 3 is 2.70 bits per heavy atom. The quantitative estimate of drug-likeness (QED) is 0.287. The number of carbonyl (C=O) groups excluding carboxylic acids is 1. The Bertz CT molecular complexity index is 1300. The summed E-state index contributed by atoms with van der Waals surface area (Å²) in [5.74, 6) is -1.77. The molecule has 0 amide bonds. The van der Waals surface area contributed by atoms with Crippen LogP contribution in [0, 0.1) is 5.82 Å². The predicted molar refractivity (Wildman–Crippen MR) is 124 cm³/mol. The van der Waals surface area contributed by atoms with Crippen LogP contribution in [-0.2, 0) is 28.1 Å². The topological polar surface area (TPSA) is 167 Å². The predicted octanol–water partition coefficient (Wildman–Crippen LogP) is 0.836. The third-order valence-corrected chi connectivity index (χ3v) is 7.33.